The van der Waals surface area contributed by atoms with Gasteiger partial charge in [0.15, 0.2) is 17.7 Å². The van der Waals surface area contributed by atoms with Gasteiger partial charge < -0.3 is 61.7 Å². The predicted molar refractivity (Wildman–Crippen MR) is 199 cm³/mol. The summed E-state index contributed by atoms with van der Waals surface area (Å²) in [5, 5.41) is 34.8. The average Bonchev–Trinajstić information content (AvgIpc) is 3.68. The van der Waals surface area contributed by atoms with Crippen LogP contribution in [0.4, 0.5) is 5.82 Å². The average molecular weight is 915 g/mol. The summed E-state index contributed by atoms with van der Waals surface area (Å²) in [6, 6.07) is -0.723. The van der Waals surface area contributed by atoms with Crippen molar-refractivity contribution < 1.29 is 85.6 Å². The molecular formula is C26H45N8O18P3S2. The largest absolute Gasteiger partial charge is 0.481 e. The number of aliphatic hydroxyl groups is 3. The van der Waals surface area contributed by atoms with E-state index in [4.69, 9.17) is 30.4 Å². The monoisotopic (exact) mass is 914 g/mol. The molecule has 57 heavy (non-hydrogen) atoms. The number of nitrogens with two attached hydrogens (primary N) is 2. The minimum absolute atomic E-state index is 0.0242. The second-order valence-corrected chi connectivity index (χ2v) is 19.1. The van der Waals surface area contributed by atoms with Crippen LogP contribution in [0.5, 0.6) is 0 Å². The zero-order chi connectivity index (χ0) is 42.8. The quantitative estimate of drug-likeness (QED) is 0.0390. The SMILES string of the molecule is CC(C)(COP(=O)(O)OP(=O)(O)OCC1OC(n2cnc3c(N)ncnc32)C(O)C1OP(=O)(O)O)C(O)C(=O)NCCC(=O)NCCSC(=O)C(N)CSCCO. The van der Waals surface area contributed by atoms with E-state index in [9.17, 15) is 57.9 Å². The van der Waals surface area contributed by atoms with Crippen LogP contribution >= 0.6 is 47.0 Å². The molecule has 2 aromatic heterocycles. The highest BCUT2D eigenvalue weighted by Crippen LogP contribution is 2.61. The van der Waals surface area contributed by atoms with E-state index in [0.717, 1.165) is 29.0 Å². The van der Waals surface area contributed by atoms with Gasteiger partial charge in [0.2, 0.25) is 16.9 Å². The summed E-state index contributed by atoms with van der Waals surface area (Å²) in [6.07, 6.45) is -7.02. The minimum atomic E-state index is -5.58. The highest BCUT2D eigenvalue weighted by molar-refractivity contribution is 8.13. The molecule has 1 aliphatic rings. The van der Waals surface area contributed by atoms with Crippen molar-refractivity contribution >= 4 is 80.9 Å². The molecule has 2 amide bonds. The Balaban J connectivity index is 1.47. The smallest absolute Gasteiger partial charge is 0.396 e. The molecule has 31 heteroatoms. The lowest BCUT2D eigenvalue weighted by atomic mass is 9.87. The lowest BCUT2D eigenvalue weighted by Crippen LogP contribution is -2.46. The third-order valence-corrected chi connectivity index (χ3v) is 12.7. The molecule has 0 radical (unpaired) electrons. The van der Waals surface area contributed by atoms with Crippen molar-refractivity contribution in [2.75, 3.05) is 55.9 Å². The number of thioether (sulfide) groups is 2. The van der Waals surface area contributed by atoms with E-state index in [0.29, 0.717) is 11.5 Å². The summed E-state index contributed by atoms with van der Waals surface area (Å²) in [6.45, 7) is 0.296. The number of hydrogen-bond donors (Lipinski definition) is 11. The number of phosphoric ester groups is 3. The summed E-state index contributed by atoms with van der Waals surface area (Å²) < 4.78 is 62.0. The molecule has 3 heterocycles. The number of ether oxygens (including phenoxy) is 1. The van der Waals surface area contributed by atoms with Crippen LogP contribution in [0.1, 0.15) is 26.5 Å². The number of aromatic nitrogens is 4. The van der Waals surface area contributed by atoms with Gasteiger partial charge in [0.25, 0.3) is 0 Å². The van der Waals surface area contributed by atoms with E-state index >= 15 is 0 Å². The number of amides is 2. The van der Waals surface area contributed by atoms with Crippen molar-refractivity contribution in [1.29, 1.82) is 0 Å². The highest BCUT2D eigenvalue weighted by atomic mass is 32.2. The fourth-order valence-electron chi connectivity index (χ4n) is 4.73. The number of rotatable bonds is 24. The van der Waals surface area contributed by atoms with Crippen LogP contribution in [0.3, 0.4) is 0 Å². The van der Waals surface area contributed by atoms with Crippen molar-refractivity contribution in [3.63, 3.8) is 0 Å². The second kappa shape index (κ2) is 21.4. The fraction of sp³-hybridized carbons (Fsp3) is 0.692. The highest BCUT2D eigenvalue weighted by Gasteiger charge is 2.50. The van der Waals surface area contributed by atoms with Crippen molar-refractivity contribution in [3.05, 3.63) is 12.7 Å². The number of nitrogens with one attached hydrogen (secondary N) is 2. The van der Waals surface area contributed by atoms with E-state index in [1.807, 2.05) is 0 Å². The molecule has 0 aliphatic carbocycles. The Morgan fingerprint density at radius 3 is 2.40 bits per heavy atom. The number of anilines is 1. The van der Waals surface area contributed by atoms with Gasteiger partial charge in [-0.05, 0) is 0 Å². The van der Waals surface area contributed by atoms with Crippen LogP contribution in [-0.4, -0.2) is 152 Å². The number of nitrogen functional groups attached to an aromatic ring is 1. The number of carbonyl (C=O) groups excluding carboxylic acids is 3. The van der Waals surface area contributed by atoms with Crippen molar-refractivity contribution in [2.45, 2.75) is 57.0 Å². The number of aliphatic hydroxyl groups excluding tert-OH is 3. The molecule has 324 valence electrons. The van der Waals surface area contributed by atoms with Gasteiger partial charge in [-0.25, -0.2) is 28.6 Å². The van der Waals surface area contributed by atoms with Crippen molar-refractivity contribution in [1.82, 2.24) is 30.2 Å². The van der Waals surface area contributed by atoms with Crippen LogP contribution in [0, 0.1) is 5.41 Å². The van der Waals surface area contributed by atoms with Crippen LogP contribution in [-0.2, 0) is 50.7 Å². The Bertz CT molecular complexity index is 1840. The predicted octanol–water partition coefficient (Wildman–Crippen LogP) is -2.28. The number of imidazole rings is 1. The first kappa shape index (κ1) is 49.2. The molecule has 13 N–H and O–H groups in total. The Morgan fingerprint density at radius 2 is 1.74 bits per heavy atom. The second-order valence-electron chi connectivity index (χ2n) is 12.6. The summed E-state index contributed by atoms with van der Waals surface area (Å²) in [5.74, 6) is -0.494. The standard InChI is InChI=1S/C26H45N8O18P3S2/c1-26(2,20(38)23(39)30-4-3-16(36)29-5-7-57-25(40)14(27)10-56-8-6-35)11-49-55(46,47)52-54(44,45)48-9-15-19(51-53(41,42)43)18(37)24(50-15)34-13-33-17-21(28)31-12-32-22(17)34/h12-15,18-20,24,35,37-38H,3-11,27H2,1-2H3,(H,29,36)(H,30,39)(H,44,45)(H,46,47)(H2,28,31,32)(H2,41,42,43). The zero-order valence-corrected chi connectivity index (χ0v) is 34.5. The summed E-state index contributed by atoms with van der Waals surface area (Å²) in [7, 11) is -16.4. The Hall–Kier alpha value is -2.17. The molecular weight excluding hydrogens is 869 g/mol. The molecule has 1 fully saturated rings. The van der Waals surface area contributed by atoms with Crippen molar-refractivity contribution in [2.24, 2.45) is 11.1 Å². The minimum Gasteiger partial charge on any atom is -0.396 e. The first-order chi connectivity index (χ1) is 26.5. The van der Waals surface area contributed by atoms with Crippen LogP contribution in [0.25, 0.3) is 11.2 Å². The summed E-state index contributed by atoms with van der Waals surface area (Å²) in [5.41, 5.74) is 9.99. The van der Waals surface area contributed by atoms with E-state index in [2.05, 4.69) is 34.4 Å². The van der Waals surface area contributed by atoms with E-state index in [-0.39, 0.29) is 54.0 Å². The number of fused-ring (bicyclic) bond motifs is 1. The Morgan fingerprint density at radius 1 is 1.05 bits per heavy atom. The van der Waals surface area contributed by atoms with Gasteiger partial charge in [-0.2, -0.15) is 16.1 Å². The lowest BCUT2D eigenvalue weighted by Gasteiger charge is -2.30. The normalized spacial score (nSPS) is 22.1. The molecule has 8 atom stereocenters. The maximum Gasteiger partial charge on any atom is 0.481 e. The lowest BCUT2D eigenvalue weighted by molar-refractivity contribution is -0.137. The van der Waals surface area contributed by atoms with Gasteiger partial charge in [-0.1, -0.05) is 25.6 Å². The number of nitrogens with zero attached hydrogens (tertiary/aromatic N) is 4. The van der Waals surface area contributed by atoms with Gasteiger partial charge in [-0.3, -0.25) is 32.5 Å². The first-order valence-corrected chi connectivity index (χ1v) is 23.1. The van der Waals surface area contributed by atoms with Gasteiger partial charge in [-0.15, -0.1) is 0 Å². The maximum absolute atomic E-state index is 12.7. The number of phosphoric acid groups is 3. The molecule has 1 saturated heterocycles. The Labute approximate surface area is 332 Å². The van der Waals surface area contributed by atoms with Gasteiger partial charge in [0, 0.05) is 42.2 Å². The molecule has 26 nitrogen and oxygen atoms in total. The molecule has 2 aromatic rings. The topological polar surface area (TPSA) is 410 Å². The Kier molecular flexibility index (Phi) is 18.5. The molecule has 8 unspecified atom stereocenters. The molecule has 0 saturated carbocycles. The van der Waals surface area contributed by atoms with Crippen LogP contribution in [0.2, 0.25) is 0 Å². The van der Waals surface area contributed by atoms with Crippen LogP contribution in [0.15, 0.2) is 12.7 Å². The van der Waals surface area contributed by atoms with E-state index in [1.54, 1.807) is 0 Å². The molecule has 1 aliphatic heterocycles. The van der Waals surface area contributed by atoms with Gasteiger partial charge >= 0.3 is 23.5 Å². The number of carbonyl (C=O) groups is 3. The maximum atomic E-state index is 12.7. The molecule has 0 spiro atoms. The van der Waals surface area contributed by atoms with Crippen molar-refractivity contribution in [3.8, 4) is 0 Å². The molecule has 3 rings (SSSR count). The van der Waals surface area contributed by atoms with E-state index in [1.165, 1.54) is 25.6 Å². The fourth-order valence-corrected chi connectivity index (χ4v) is 9.07. The molecule has 0 aromatic carbocycles. The molecule has 0 bridgehead atoms. The van der Waals surface area contributed by atoms with Crippen LogP contribution < -0.4 is 22.1 Å². The van der Waals surface area contributed by atoms with E-state index < -0.39 is 90.6 Å². The third kappa shape index (κ3) is 15.4. The zero-order valence-electron chi connectivity index (χ0n) is 30.2. The summed E-state index contributed by atoms with van der Waals surface area (Å²) >= 11 is 2.27. The first-order valence-electron chi connectivity index (χ1n) is 16.5. The third-order valence-electron chi connectivity index (χ3n) is 7.58. The summed E-state index contributed by atoms with van der Waals surface area (Å²) in [4.78, 5) is 87.6. The van der Waals surface area contributed by atoms with Gasteiger partial charge in [0.05, 0.1) is 32.2 Å². The van der Waals surface area contributed by atoms with Gasteiger partial charge in [0.1, 0.15) is 36.3 Å². The number of hydrogen-bond acceptors (Lipinski definition) is 21.